The van der Waals surface area contributed by atoms with Crippen molar-refractivity contribution in [3.8, 4) is 17.1 Å². The summed E-state index contributed by atoms with van der Waals surface area (Å²) in [6.07, 6.45) is 0. The van der Waals surface area contributed by atoms with Crippen LogP contribution in [0, 0.1) is 20.8 Å². The molecular weight excluding hydrogens is 396 g/mol. The van der Waals surface area contributed by atoms with E-state index in [4.69, 9.17) is 11.6 Å². The standard InChI is InChI=1S/C24H21ClN4O/c1-15-8-11-18(12-9-15)23-27-22(24(30)26-20-7-5-4-6-19(20)25)28-29(23)21-13-10-16(2)14-17(21)3/h4-14H,1-3H3,(H,26,30). The van der Waals surface area contributed by atoms with E-state index >= 15 is 0 Å². The molecule has 1 aromatic heterocycles. The van der Waals surface area contributed by atoms with Crippen LogP contribution in [0.2, 0.25) is 5.02 Å². The number of amides is 1. The molecule has 0 spiro atoms. The van der Waals surface area contributed by atoms with Gasteiger partial charge in [0.1, 0.15) is 0 Å². The molecule has 0 bridgehead atoms. The highest BCUT2D eigenvalue weighted by molar-refractivity contribution is 6.33. The number of nitrogens with zero attached hydrogens (tertiary/aromatic N) is 3. The molecule has 0 unspecified atom stereocenters. The number of hydrogen-bond donors (Lipinski definition) is 1. The Morgan fingerprint density at radius 1 is 0.933 bits per heavy atom. The Bertz CT molecular complexity index is 1230. The topological polar surface area (TPSA) is 59.8 Å². The first-order valence-corrected chi connectivity index (χ1v) is 9.98. The van der Waals surface area contributed by atoms with Crippen molar-refractivity contribution >= 4 is 23.2 Å². The summed E-state index contributed by atoms with van der Waals surface area (Å²) in [4.78, 5) is 17.5. The van der Waals surface area contributed by atoms with Crippen LogP contribution in [0.1, 0.15) is 27.3 Å². The van der Waals surface area contributed by atoms with Crippen molar-refractivity contribution in [2.75, 3.05) is 5.32 Å². The van der Waals surface area contributed by atoms with Gasteiger partial charge in [0.05, 0.1) is 16.4 Å². The summed E-state index contributed by atoms with van der Waals surface area (Å²) in [5, 5.41) is 7.80. The van der Waals surface area contributed by atoms with Crippen LogP contribution in [0.5, 0.6) is 0 Å². The first kappa shape index (κ1) is 19.9. The Morgan fingerprint density at radius 2 is 1.63 bits per heavy atom. The average molecular weight is 417 g/mol. The van der Waals surface area contributed by atoms with Gasteiger partial charge in [0.25, 0.3) is 5.91 Å². The molecule has 0 saturated carbocycles. The van der Waals surface area contributed by atoms with Crippen LogP contribution in [0.3, 0.4) is 0 Å². The van der Waals surface area contributed by atoms with Gasteiger partial charge in [-0.05, 0) is 44.5 Å². The van der Waals surface area contributed by atoms with E-state index in [-0.39, 0.29) is 5.82 Å². The maximum Gasteiger partial charge on any atom is 0.295 e. The smallest absolute Gasteiger partial charge is 0.295 e. The molecule has 0 atom stereocenters. The van der Waals surface area contributed by atoms with E-state index in [9.17, 15) is 4.79 Å². The van der Waals surface area contributed by atoms with Gasteiger partial charge in [-0.2, -0.15) is 0 Å². The minimum absolute atomic E-state index is 0.0745. The number of aryl methyl sites for hydroxylation is 3. The normalized spacial score (nSPS) is 10.8. The monoisotopic (exact) mass is 416 g/mol. The molecule has 4 rings (SSSR count). The summed E-state index contributed by atoms with van der Waals surface area (Å²) in [6.45, 7) is 6.09. The van der Waals surface area contributed by atoms with Gasteiger partial charge in [-0.3, -0.25) is 4.79 Å². The largest absolute Gasteiger partial charge is 0.318 e. The van der Waals surface area contributed by atoms with Crippen LogP contribution in [0.25, 0.3) is 17.1 Å². The highest BCUT2D eigenvalue weighted by Crippen LogP contribution is 2.25. The molecule has 0 fully saturated rings. The van der Waals surface area contributed by atoms with E-state index < -0.39 is 5.91 Å². The Hall–Kier alpha value is -3.44. The van der Waals surface area contributed by atoms with Gasteiger partial charge >= 0.3 is 0 Å². The van der Waals surface area contributed by atoms with Gasteiger partial charge < -0.3 is 5.32 Å². The fraction of sp³-hybridized carbons (Fsp3) is 0.125. The summed E-state index contributed by atoms with van der Waals surface area (Å²) in [6, 6.07) is 21.2. The summed E-state index contributed by atoms with van der Waals surface area (Å²) in [7, 11) is 0. The molecule has 6 heteroatoms. The van der Waals surface area contributed by atoms with Crippen molar-refractivity contribution in [1.82, 2.24) is 14.8 Å². The molecular formula is C24H21ClN4O. The number of benzene rings is 3. The Labute approximate surface area is 180 Å². The number of carbonyl (C=O) groups is 1. The molecule has 4 aromatic rings. The highest BCUT2D eigenvalue weighted by Gasteiger charge is 2.20. The summed E-state index contributed by atoms with van der Waals surface area (Å²) >= 11 is 6.17. The maximum absolute atomic E-state index is 12.9. The van der Waals surface area contributed by atoms with E-state index in [2.05, 4.69) is 21.5 Å². The molecule has 0 aliphatic rings. The fourth-order valence-corrected chi connectivity index (χ4v) is 3.43. The summed E-state index contributed by atoms with van der Waals surface area (Å²) in [5.41, 5.74) is 5.62. The van der Waals surface area contributed by atoms with E-state index in [1.807, 2.05) is 57.2 Å². The van der Waals surface area contributed by atoms with Crippen molar-refractivity contribution < 1.29 is 4.79 Å². The molecule has 1 heterocycles. The number of anilines is 1. The maximum atomic E-state index is 12.9. The summed E-state index contributed by atoms with van der Waals surface area (Å²) < 4.78 is 1.72. The molecule has 1 amide bonds. The lowest BCUT2D eigenvalue weighted by molar-refractivity contribution is 0.101. The third-order valence-electron chi connectivity index (χ3n) is 4.82. The Kier molecular flexibility index (Phi) is 5.38. The van der Waals surface area contributed by atoms with Gasteiger partial charge in [-0.1, -0.05) is 71.3 Å². The van der Waals surface area contributed by atoms with Crippen LogP contribution in [-0.4, -0.2) is 20.7 Å². The zero-order valence-electron chi connectivity index (χ0n) is 17.0. The number of nitrogens with one attached hydrogen (secondary N) is 1. The zero-order chi connectivity index (χ0) is 21.3. The second-order valence-corrected chi connectivity index (χ2v) is 7.67. The minimum Gasteiger partial charge on any atom is -0.318 e. The Balaban J connectivity index is 1.80. The average Bonchev–Trinajstić information content (AvgIpc) is 3.15. The second kappa shape index (κ2) is 8.13. The van der Waals surface area contributed by atoms with Crippen molar-refractivity contribution in [2.45, 2.75) is 20.8 Å². The molecule has 0 radical (unpaired) electrons. The molecule has 0 saturated heterocycles. The van der Waals surface area contributed by atoms with Gasteiger partial charge in [-0.25, -0.2) is 9.67 Å². The van der Waals surface area contributed by atoms with Gasteiger partial charge in [0.2, 0.25) is 5.82 Å². The number of para-hydroxylation sites is 1. The van der Waals surface area contributed by atoms with Gasteiger partial charge in [0, 0.05) is 5.56 Å². The van der Waals surface area contributed by atoms with E-state index in [1.165, 1.54) is 0 Å². The van der Waals surface area contributed by atoms with Crippen LogP contribution in [0.4, 0.5) is 5.69 Å². The van der Waals surface area contributed by atoms with Crippen LogP contribution < -0.4 is 5.32 Å². The summed E-state index contributed by atoms with van der Waals surface area (Å²) in [5.74, 6) is 0.261. The first-order valence-electron chi connectivity index (χ1n) is 9.60. The van der Waals surface area contributed by atoms with E-state index in [0.717, 1.165) is 27.9 Å². The fourth-order valence-electron chi connectivity index (χ4n) is 3.25. The number of hydrogen-bond acceptors (Lipinski definition) is 3. The Morgan fingerprint density at radius 3 is 2.33 bits per heavy atom. The number of aromatic nitrogens is 3. The van der Waals surface area contributed by atoms with Crippen molar-refractivity contribution in [2.24, 2.45) is 0 Å². The van der Waals surface area contributed by atoms with Crippen molar-refractivity contribution in [3.63, 3.8) is 0 Å². The van der Waals surface area contributed by atoms with Crippen LogP contribution >= 0.6 is 11.6 Å². The molecule has 1 N–H and O–H groups in total. The second-order valence-electron chi connectivity index (χ2n) is 7.26. The predicted molar refractivity (Wildman–Crippen MR) is 120 cm³/mol. The van der Waals surface area contributed by atoms with Gasteiger partial charge in [0.15, 0.2) is 5.82 Å². The lowest BCUT2D eigenvalue weighted by atomic mass is 10.1. The number of rotatable bonds is 4. The number of halogens is 1. The lowest BCUT2D eigenvalue weighted by Gasteiger charge is -2.10. The predicted octanol–water partition coefficient (Wildman–Crippen LogP) is 5.77. The lowest BCUT2D eigenvalue weighted by Crippen LogP contribution is -2.14. The van der Waals surface area contributed by atoms with Crippen molar-refractivity contribution in [3.05, 3.63) is 94.3 Å². The molecule has 30 heavy (non-hydrogen) atoms. The van der Waals surface area contributed by atoms with E-state index in [1.54, 1.807) is 28.9 Å². The molecule has 5 nitrogen and oxygen atoms in total. The van der Waals surface area contributed by atoms with Gasteiger partial charge in [-0.15, -0.1) is 5.10 Å². The number of carbonyl (C=O) groups excluding carboxylic acids is 1. The third-order valence-corrected chi connectivity index (χ3v) is 5.15. The van der Waals surface area contributed by atoms with Crippen LogP contribution in [0.15, 0.2) is 66.7 Å². The quantitative estimate of drug-likeness (QED) is 0.459. The highest BCUT2D eigenvalue weighted by atomic mass is 35.5. The molecule has 0 aliphatic carbocycles. The molecule has 3 aromatic carbocycles. The zero-order valence-corrected chi connectivity index (χ0v) is 17.7. The third kappa shape index (κ3) is 3.98. The minimum atomic E-state index is -0.417. The first-order chi connectivity index (χ1) is 14.4. The molecule has 0 aliphatic heterocycles. The SMILES string of the molecule is Cc1ccc(-c2nc(C(=O)Nc3ccccc3Cl)nn2-c2ccc(C)cc2C)cc1. The van der Waals surface area contributed by atoms with Crippen LogP contribution in [-0.2, 0) is 0 Å². The molecule has 150 valence electrons. The van der Waals surface area contributed by atoms with E-state index in [0.29, 0.717) is 16.5 Å². The van der Waals surface area contributed by atoms with Crippen molar-refractivity contribution in [1.29, 1.82) is 0 Å².